The first-order valence-electron chi connectivity index (χ1n) is 9.67. The summed E-state index contributed by atoms with van der Waals surface area (Å²) in [7, 11) is 1.29. The first kappa shape index (κ1) is 21.7. The van der Waals surface area contributed by atoms with Crippen LogP contribution in [-0.4, -0.2) is 55.6 Å². The number of hydrazone groups is 1. The number of carbonyl (C=O) groups is 1. The maximum atomic E-state index is 14.1. The van der Waals surface area contributed by atoms with Gasteiger partial charge >= 0.3 is 5.97 Å². The van der Waals surface area contributed by atoms with Gasteiger partial charge in [-0.05, 0) is 24.3 Å². The second kappa shape index (κ2) is 9.75. The van der Waals surface area contributed by atoms with Crippen molar-refractivity contribution in [2.24, 2.45) is 5.10 Å². The van der Waals surface area contributed by atoms with E-state index < -0.39 is 11.8 Å². The fourth-order valence-corrected chi connectivity index (χ4v) is 3.34. The van der Waals surface area contributed by atoms with E-state index in [2.05, 4.69) is 25.2 Å². The number of hydrogen-bond donors (Lipinski definition) is 1. The van der Waals surface area contributed by atoms with E-state index in [4.69, 9.17) is 20.8 Å². The summed E-state index contributed by atoms with van der Waals surface area (Å²) >= 11 is 6.16. The molecule has 3 heterocycles. The van der Waals surface area contributed by atoms with Crippen molar-refractivity contribution in [3.8, 4) is 11.3 Å². The number of hydrogen-bond acceptors (Lipinski definition) is 9. The number of anilines is 2. The minimum Gasteiger partial charge on any atom is -0.465 e. The summed E-state index contributed by atoms with van der Waals surface area (Å²) in [5.74, 6) is 0.330. The van der Waals surface area contributed by atoms with Crippen molar-refractivity contribution in [2.75, 3.05) is 43.7 Å². The lowest BCUT2D eigenvalue weighted by Gasteiger charge is -2.27. The highest BCUT2D eigenvalue weighted by molar-refractivity contribution is 6.33. The predicted molar refractivity (Wildman–Crippen MR) is 117 cm³/mol. The molecule has 166 valence electrons. The van der Waals surface area contributed by atoms with Crippen molar-refractivity contribution in [1.29, 1.82) is 0 Å². The smallest absolute Gasteiger partial charge is 0.339 e. The van der Waals surface area contributed by atoms with Crippen LogP contribution in [0, 0.1) is 5.82 Å². The standard InChI is InChI=1S/C21H19ClFN5O4/c1-30-20(29)15-4-2-13(10-16(15)22)18-5-3-14(32-18)11-25-27-21-24-12-17(23)19(26-21)28-6-8-31-9-7-28/h2-5,10-12H,6-9H2,1H3,(H,24,26,27)/b25-11+. The molecule has 1 aliphatic heterocycles. The number of ether oxygens (including phenoxy) is 2. The Bertz CT molecular complexity index is 1150. The number of nitrogens with one attached hydrogen (secondary N) is 1. The minimum atomic E-state index is -0.514. The van der Waals surface area contributed by atoms with Crippen LogP contribution in [0.25, 0.3) is 11.3 Å². The molecule has 0 saturated carbocycles. The first-order valence-corrected chi connectivity index (χ1v) is 10.1. The van der Waals surface area contributed by atoms with Crippen molar-refractivity contribution in [3.63, 3.8) is 0 Å². The topological polar surface area (TPSA) is 102 Å². The molecule has 32 heavy (non-hydrogen) atoms. The number of halogens is 2. The van der Waals surface area contributed by atoms with E-state index >= 15 is 0 Å². The number of furan rings is 1. The van der Waals surface area contributed by atoms with Gasteiger partial charge in [-0.15, -0.1) is 0 Å². The fraction of sp³-hybridized carbons (Fsp3) is 0.238. The molecule has 0 atom stereocenters. The fourth-order valence-electron chi connectivity index (χ4n) is 3.08. The van der Waals surface area contributed by atoms with Gasteiger partial charge in [0, 0.05) is 18.7 Å². The minimum absolute atomic E-state index is 0.154. The molecule has 1 aromatic carbocycles. The molecule has 0 bridgehead atoms. The summed E-state index contributed by atoms with van der Waals surface area (Å²) < 4.78 is 29.8. The Hall–Kier alpha value is -3.50. The summed E-state index contributed by atoms with van der Waals surface area (Å²) in [6.45, 7) is 2.14. The second-order valence-corrected chi connectivity index (χ2v) is 7.13. The number of methoxy groups -OCH3 is 1. The molecule has 1 aliphatic rings. The first-order chi connectivity index (χ1) is 15.5. The quantitative estimate of drug-likeness (QED) is 0.339. The maximum absolute atomic E-state index is 14.1. The third-order valence-corrected chi connectivity index (χ3v) is 4.99. The maximum Gasteiger partial charge on any atom is 0.339 e. The number of aromatic nitrogens is 2. The van der Waals surface area contributed by atoms with Crippen LogP contribution < -0.4 is 10.3 Å². The van der Waals surface area contributed by atoms with Crippen LogP contribution in [0.3, 0.4) is 0 Å². The molecule has 1 saturated heterocycles. The molecule has 4 rings (SSSR count). The number of rotatable bonds is 6. The second-order valence-electron chi connectivity index (χ2n) is 6.72. The Labute approximate surface area is 187 Å². The van der Waals surface area contributed by atoms with Crippen molar-refractivity contribution in [2.45, 2.75) is 0 Å². The van der Waals surface area contributed by atoms with Gasteiger partial charge in [-0.2, -0.15) is 10.1 Å². The summed E-state index contributed by atoms with van der Waals surface area (Å²) in [6.07, 6.45) is 2.54. The molecule has 0 radical (unpaired) electrons. The largest absolute Gasteiger partial charge is 0.465 e. The number of esters is 1. The van der Waals surface area contributed by atoms with Crippen LogP contribution in [0.5, 0.6) is 0 Å². The SMILES string of the molecule is COC(=O)c1ccc(-c2ccc(/C=N/Nc3ncc(F)c(N4CCOCC4)n3)o2)cc1Cl. The molecule has 11 heteroatoms. The average molecular weight is 460 g/mol. The van der Waals surface area contributed by atoms with Gasteiger partial charge in [-0.3, -0.25) is 0 Å². The zero-order chi connectivity index (χ0) is 22.5. The molecule has 2 aromatic heterocycles. The van der Waals surface area contributed by atoms with Crippen molar-refractivity contribution < 1.29 is 23.1 Å². The summed E-state index contributed by atoms with van der Waals surface area (Å²) in [6, 6.07) is 8.35. The van der Waals surface area contributed by atoms with Gasteiger partial charge < -0.3 is 18.8 Å². The van der Waals surface area contributed by atoms with Gasteiger partial charge in [0.2, 0.25) is 5.95 Å². The lowest BCUT2D eigenvalue weighted by molar-refractivity contribution is 0.0601. The van der Waals surface area contributed by atoms with E-state index in [0.29, 0.717) is 43.4 Å². The molecule has 3 aromatic rings. The van der Waals surface area contributed by atoms with E-state index in [1.165, 1.54) is 13.3 Å². The van der Waals surface area contributed by atoms with Crippen molar-refractivity contribution in [3.05, 3.63) is 58.7 Å². The molecular formula is C21H19ClFN5O4. The molecule has 0 unspecified atom stereocenters. The molecule has 0 amide bonds. The predicted octanol–water partition coefficient (Wildman–Crippen LogP) is 3.60. The Morgan fingerprint density at radius 2 is 2.12 bits per heavy atom. The Kier molecular flexibility index (Phi) is 6.62. The van der Waals surface area contributed by atoms with Crippen molar-refractivity contribution >= 4 is 35.6 Å². The van der Waals surface area contributed by atoms with Crippen LogP contribution in [0.4, 0.5) is 16.2 Å². The monoisotopic (exact) mass is 459 g/mol. The van der Waals surface area contributed by atoms with Crippen LogP contribution in [-0.2, 0) is 9.47 Å². The molecule has 0 aliphatic carbocycles. The van der Waals surface area contributed by atoms with Crippen LogP contribution in [0.2, 0.25) is 5.02 Å². The van der Waals surface area contributed by atoms with E-state index in [1.807, 2.05) is 0 Å². The lowest BCUT2D eigenvalue weighted by atomic mass is 10.1. The molecular weight excluding hydrogens is 441 g/mol. The van der Waals surface area contributed by atoms with Gasteiger partial charge in [0.1, 0.15) is 11.5 Å². The Morgan fingerprint density at radius 1 is 1.31 bits per heavy atom. The highest BCUT2D eigenvalue weighted by Gasteiger charge is 2.18. The Morgan fingerprint density at radius 3 is 2.88 bits per heavy atom. The highest BCUT2D eigenvalue weighted by atomic mass is 35.5. The number of nitrogens with zero attached hydrogens (tertiary/aromatic N) is 4. The van der Waals surface area contributed by atoms with E-state index in [-0.39, 0.29) is 22.4 Å². The van der Waals surface area contributed by atoms with E-state index in [1.54, 1.807) is 35.2 Å². The van der Waals surface area contributed by atoms with Gasteiger partial charge in [0.15, 0.2) is 11.6 Å². The van der Waals surface area contributed by atoms with Crippen LogP contribution in [0.15, 0.2) is 46.0 Å². The van der Waals surface area contributed by atoms with E-state index in [0.717, 1.165) is 6.20 Å². The third kappa shape index (κ3) is 4.87. The normalized spacial score (nSPS) is 14.0. The molecule has 9 nitrogen and oxygen atoms in total. The number of morpholine rings is 1. The summed E-state index contributed by atoms with van der Waals surface area (Å²) in [4.78, 5) is 21.6. The molecule has 1 fully saturated rings. The zero-order valence-corrected chi connectivity index (χ0v) is 17.8. The summed E-state index contributed by atoms with van der Waals surface area (Å²) in [5.41, 5.74) is 3.63. The lowest BCUT2D eigenvalue weighted by Crippen LogP contribution is -2.37. The molecule has 0 spiro atoms. The van der Waals surface area contributed by atoms with Gasteiger partial charge in [-0.25, -0.2) is 19.6 Å². The number of carbonyl (C=O) groups excluding carboxylic acids is 1. The van der Waals surface area contributed by atoms with Crippen LogP contribution >= 0.6 is 11.6 Å². The van der Waals surface area contributed by atoms with Gasteiger partial charge in [0.05, 0.1) is 43.3 Å². The number of benzene rings is 1. The average Bonchev–Trinajstić information content (AvgIpc) is 3.29. The van der Waals surface area contributed by atoms with Gasteiger partial charge in [0.25, 0.3) is 0 Å². The van der Waals surface area contributed by atoms with Crippen molar-refractivity contribution in [1.82, 2.24) is 9.97 Å². The highest BCUT2D eigenvalue weighted by Crippen LogP contribution is 2.27. The van der Waals surface area contributed by atoms with E-state index in [9.17, 15) is 9.18 Å². The van der Waals surface area contributed by atoms with Crippen LogP contribution in [0.1, 0.15) is 16.1 Å². The zero-order valence-electron chi connectivity index (χ0n) is 17.0. The van der Waals surface area contributed by atoms with Gasteiger partial charge in [-0.1, -0.05) is 17.7 Å². The Balaban J connectivity index is 1.43. The molecule has 1 N–H and O–H groups in total. The third-order valence-electron chi connectivity index (χ3n) is 4.68. The summed E-state index contributed by atoms with van der Waals surface area (Å²) in [5, 5.41) is 4.31.